The van der Waals surface area contributed by atoms with Gasteiger partial charge in [-0.1, -0.05) is 105 Å². The maximum atomic E-state index is 6.91. The molecule has 0 bridgehead atoms. The second-order valence-electron chi connectivity index (χ2n) is 14.8. The second-order valence-corrected chi connectivity index (χ2v) is 14.8. The Morgan fingerprint density at radius 2 is 0.679 bits per heavy atom. The number of nitrogens with two attached hydrogens (primary N) is 2. The molecule has 1 aliphatic rings. The predicted octanol–water partition coefficient (Wildman–Crippen LogP) is 13.2. The molecule has 8 aromatic carbocycles. The van der Waals surface area contributed by atoms with Crippen molar-refractivity contribution in [3.63, 3.8) is 0 Å². The van der Waals surface area contributed by atoms with Crippen LogP contribution in [-0.2, 0) is 5.41 Å². The third-order valence-electron chi connectivity index (χ3n) is 11.0. The highest BCUT2D eigenvalue weighted by Gasteiger charge is 2.36. The zero-order chi connectivity index (χ0) is 38.2. The summed E-state index contributed by atoms with van der Waals surface area (Å²) in [4.78, 5) is 4.53. The van der Waals surface area contributed by atoms with Crippen LogP contribution in [0.2, 0.25) is 0 Å². The minimum atomic E-state index is -0.302. The fourth-order valence-corrected chi connectivity index (χ4v) is 7.98. The standard InChI is InChI=1S/C51H43N5/c1-51(2)47-34-38(36-18-26-44(27-19-36)54(41-12-6-3-7-13-41)42-14-8-4-9-15-42)22-32-49(47)56(53)50-33-23-39(35-48(50)51)37-20-28-45(29-21-37)55(43-16-10-5-11-17-43)46-30-24-40(52)25-31-46/h3-35H,52-53H2,1-2H3. The molecule has 0 spiro atoms. The van der Waals surface area contributed by atoms with Gasteiger partial charge in [0.15, 0.2) is 0 Å². The van der Waals surface area contributed by atoms with E-state index in [1.807, 2.05) is 23.2 Å². The molecule has 0 aromatic heterocycles. The van der Waals surface area contributed by atoms with E-state index in [4.69, 9.17) is 11.6 Å². The summed E-state index contributed by atoms with van der Waals surface area (Å²) in [6, 6.07) is 70.3. The van der Waals surface area contributed by atoms with Crippen molar-refractivity contribution in [2.45, 2.75) is 19.3 Å². The lowest BCUT2D eigenvalue weighted by molar-refractivity contribution is 0.626. The molecule has 5 heteroatoms. The van der Waals surface area contributed by atoms with Gasteiger partial charge in [-0.25, -0.2) is 5.84 Å². The van der Waals surface area contributed by atoms with Gasteiger partial charge in [0.1, 0.15) is 0 Å². The average molecular weight is 726 g/mol. The topological polar surface area (TPSA) is 61.8 Å². The van der Waals surface area contributed by atoms with Gasteiger partial charge in [0.05, 0.1) is 11.4 Å². The van der Waals surface area contributed by atoms with Gasteiger partial charge in [0.2, 0.25) is 0 Å². The first-order chi connectivity index (χ1) is 27.3. The molecule has 272 valence electrons. The van der Waals surface area contributed by atoms with Gasteiger partial charge in [-0.3, -0.25) is 5.01 Å². The summed E-state index contributed by atoms with van der Waals surface area (Å²) in [7, 11) is 0. The summed E-state index contributed by atoms with van der Waals surface area (Å²) >= 11 is 0. The van der Waals surface area contributed by atoms with Crippen LogP contribution >= 0.6 is 0 Å². The Morgan fingerprint density at radius 3 is 1.04 bits per heavy atom. The number of benzene rings is 8. The smallest absolute Gasteiger partial charge is 0.0616 e. The average Bonchev–Trinajstić information content (AvgIpc) is 3.25. The molecule has 0 radical (unpaired) electrons. The molecule has 0 aliphatic carbocycles. The number of rotatable bonds is 8. The maximum absolute atomic E-state index is 6.91. The van der Waals surface area contributed by atoms with Gasteiger partial charge in [0, 0.05) is 45.2 Å². The molecule has 9 rings (SSSR count). The zero-order valence-corrected chi connectivity index (χ0v) is 31.5. The minimum absolute atomic E-state index is 0.302. The monoisotopic (exact) mass is 725 g/mol. The van der Waals surface area contributed by atoms with Crippen LogP contribution in [0.15, 0.2) is 200 Å². The predicted molar refractivity (Wildman–Crippen MR) is 236 cm³/mol. The van der Waals surface area contributed by atoms with E-state index >= 15 is 0 Å². The normalized spacial score (nSPS) is 12.7. The number of nitrogens with zero attached hydrogens (tertiary/aromatic N) is 3. The van der Waals surface area contributed by atoms with Crippen molar-refractivity contribution < 1.29 is 0 Å². The van der Waals surface area contributed by atoms with Crippen LogP contribution in [0, 0.1) is 0 Å². The lowest BCUT2D eigenvalue weighted by Gasteiger charge is -2.40. The Labute approximate surface area is 329 Å². The molecular formula is C51H43N5. The van der Waals surface area contributed by atoms with E-state index in [0.717, 1.165) is 73.4 Å². The fourth-order valence-electron chi connectivity index (χ4n) is 7.98. The molecule has 0 amide bonds. The highest BCUT2D eigenvalue weighted by Crippen LogP contribution is 2.50. The highest BCUT2D eigenvalue weighted by atomic mass is 15.4. The van der Waals surface area contributed by atoms with E-state index in [9.17, 15) is 0 Å². The summed E-state index contributed by atoms with van der Waals surface area (Å²) < 4.78 is 0. The number of hydrogen-bond donors (Lipinski definition) is 2. The van der Waals surface area contributed by atoms with Crippen molar-refractivity contribution in [2.75, 3.05) is 20.5 Å². The Morgan fingerprint density at radius 1 is 0.375 bits per heavy atom. The van der Waals surface area contributed by atoms with Crippen molar-refractivity contribution in [1.29, 1.82) is 0 Å². The lowest BCUT2D eigenvalue weighted by Crippen LogP contribution is -2.36. The van der Waals surface area contributed by atoms with Crippen LogP contribution in [0.5, 0.6) is 0 Å². The van der Waals surface area contributed by atoms with Gasteiger partial charge >= 0.3 is 0 Å². The van der Waals surface area contributed by atoms with Gasteiger partial charge in [-0.05, 0) is 143 Å². The van der Waals surface area contributed by atoms with Crippen molar-refractivity contribution in [3.8, 4) is 22.3 Å². The van der Waals surface area contributed by atoms with Crippen LogP contribution in [0.3, 0.4) is 0 Å². The van der Waals surface area contributed by atoms with E-state index in [1.165, 1.54) is 11.1 Å². The zero-order valence-electron chi connectivity index (χ0n) is 31.5. The van der Waals surface area contributed by atoms with Gasteiger partial charge in [-0.2, -0.15) is 0 Å². The van der Waals surface area contributed by atoms with Crippen molar-refractivity contribution >= 4 is 51.2 Å². The number of hydrazine groups is 1. The van der Waals surface area contributed by atoms with E-state index < -0.39 is 0 Å². The first-order valence-corrected chi connectivity index (χ1v) is 19.0. The third kappa shape index (κ3) is 6.34. The van der Waals surface area contributed by atoms with Crippen LogP contribution < -0.4 is 26.4 Å². The van der Waals surface area contributed by atoms with Crippen LogP contribution in [0.4, 0.5) is 51.2 Å². The molecule has 56 heavy (non-hydrogen) atoms. The first kappa shape index (κ1) is 34.7. The number of nitrogen functional groups attached to an aromatic ring is 1. The molecule has 0 fully saturated rings. The molecule has 0 unspecified atom stereocenters. The quantitative estimate of drug-likeness (QED) is 0.121. The Hall–Kier alpha value is -7.08. The highest BCUT2D eigenvalue weighted by molar-refractivity contribution is 5.85. The molecule has 0 saturated heterocycles. The minimum Gasteiger partial charge on any atom is -0.399 e. The van der Waals surface area contributed by atoms with Gasteiger partial charge in [0.25, 0.3) is 0 Å². The Kier molecular flexibility index (Phi) is 8.85. The second kappa shape index (κ2) is 14.3. The van der Waals surface area contributed by atoms with Crippen LogP contribution in [-0.4, -0.2) is 0 Å². The summed E-state index contributed by atoms with van der Waals surface area (Å²) in [5, 5.41) is 1.84. The SMILES string of the molecule is CC1(C)c2cc(-c3ccc(N(c4ccccc4)c4ccccc4)cc3)ccc2N(N)c2ccc(-c3ccc(N(c4ccccc4)c4ccc(N)cc4)cc3)cc21. The Balaban J connectivity index is 1.03. The van der Waals surface area contributed by atoms with E-state index in [-0.39, 0.29) is 5.41 Å². The van der Waals surface area contributed by atoms with Crippen molar-refractivity contribution in [2.24, 2.45) is 5.84 Å². The largest absolute Gasteiger partial charge is 0.399 e. The first-order valence-electron chi connectivity index (χ1n) is 19.0. The van der Waals surface area contributed by atoms with E-state index in [0.29, 0.717) is 0 Å². The third-order valence-corrected chi connectivity index (χ3v) is 11.0. The van der Waals surface area contributed by atoms with Crippen molar-refractivity contribution in [1.82, 2.24) is 0 Å². The molecular weight excluding hydrogens is 683 g/mol. The van der Waals surface area contributed by atoms with Crippen LogP contribution in [0.1, 0.15) is 25.0 Å². The molecule has 0 atom stereocenters. The summed E-state index contributed by atoms with van der Waals surface area (Å²) in [5.41, 5.74) is 22.0. The summed E-state index contributed by atoms with van der Waals surface area (Å²) in [6.45, 7) is 4.61. The number of anilines is 9. The van der Waals surface area contributed by atoms with Gasteiger partial charge < -0.3 is 15.5 Å². The van der Waals surface area contributed by atoms with E-state index in [2.05, 4.69) is 206 Å². The van der Waals surface area contributed by atoms with E-state index in [1.54, 1.807) is 0 Å². The summed E-state index contributed by atoms with van der Waals surface area (Å²) in [5.74, 6) is 6.91. The molecule has 5 nitrogen and oxygen atoms in total. The summed E-state index contributed by atoms with van der Waals surface area (Å²) in [6.07, 6.45) is 0. The molecule has 4 N–H and O–H groups in total. The number of fused-ring (bicyclic) bond motifs is 2. The number of hydrogen-bond acceptors (Lipinski definition) is 5. The molecule has 8 aromatic rings. The van der Waals surface area contributed by atoms with Crippen molar-refractivity contribution in [3.05, 3.63) is 211 Å². The van der Waals surface area contributed by atoms with Crippen LogP contribution in [0.25, 0.3) is 22.3 Å². The lowest BCUT2D eigenvalue weighted by atomic mass is 9.72. The molecule has 1 heterocycles. The van der Waals surface area contributed by atoms with Gasteiger partial charge in [-0.15, -0.1) is 0 Å². The molecule has 0 saturated carbocycles. The molecule has 1 aliphatic heterocycles. The number of para-hydroxylation sites is 3. The maximum Gasteiger partial charge on any atom is 0.0616 e. The Bertz CT molecular complexity index is 2560. The fraction of sp³-hybridized carbons (Fsp3) is 0.0588.